The largest absolute Gasteiger partial charge is 0.493 e. The van der Waals surface area contributed by atoms with Crippen LogP contribution in [0.5, 0.6) is 5.75 Å². The molecular formula is C23H29ClN2O3. The van der Waals surface area contributed by atoms with Crippen molar-refractivity contribution < 1.29 is 14.3 Å². The minimum Gasteiger partial charge on any atom is -0.493 e. The molecule has 0 aromatic heterocycles. The highest BCUT2D eigenvalue weighted by atomic mass is 35.5. The standard InChI is InChI=1S/C23H29ClN2O3/c1-17-16-20(24)7-10-22(17)29-13-3-4-23(27)25-18(2)19-5-8-21(9-6-19)26-11-14-28-15-12-26/h5-10,16,18H,3-4,11-15H2,1-2H3,(H,25,27). The summed E-state index contributed by atoms with van der Waals surface area (Å²) in [7, 11) is 0. The third-order valence-corrected chi connectivity index (χ3v) is 5.32. The quantitative estimate of drug-likeness (QED) is 0.643. The minimum absolute atomic E-state index is 0.0272. The average molecular weight is 417 g/mol. The van der Waals surface area contributed by atoms with Crippen molar-refractivity contribution in [3.8, 4) is 5.75 Å². The molecule has 0 bridgehead atoms. The monoisotopic (exact) mass is 416 g/mol. The number of hydrogen-bond acceptors (Lipinski definition) is 4. The lowest BCUT2D eigenvalue weighted by atomic mass is 10.1. The highest BCUT2D eigenvalue weighted by Crippen LogP contribution is 2.22. The van der Waals surface area contributed by atoms with E-state index >= 15 is 0 Å². The van der Waals surface area contributed by atoms with E-state index in [1.165, 1.54) is 5.69 Å². The summed E-state index contributed by atoms with van der Waals surface area (Å²) in [6.45, 7) is 7.85. The molecule has 1 amide bonds. The molecule has 0 spiro atoms. The van der Waals surface area contributed by atoms with E-state index in [1.807, 2.05) is 32.0 Å². The second kappa shape index (κ2) is 10.5. The Morgan fingerprint density at radius 3 is 2.62 bits per heavy atom. The SMILES string of the molecule is Cc1cc(Cl)ccc1OCCCC(=O)NC(C)c1ccc(N2CCOCC2)cc1. The molecule has 5 nitrogen and oxygen atoms in total. The predicted octanol–water partition coefficient (Wildman–Crippen LogP) is 4.52. The van der Waals surface area contributed by atoms with Crippen molar-refractivity contribution in [3.63, 3.8) is 0 Å². The van der Waals surface area contributed by atoms with Crippen LogP contribution < -0.4 is 15.0 Å². The number of aryl methyl sites for hydroxylation is 1. The van der Waals surface area contributed by atoms with Crippen LogP contribution in [0.25, 0.3) is 0 Å². The molecule has 1 N–H and O–H groups in total. The number of hydrogen-bond donors (Lipinski definition) is 1. The van der Waals surface area contributed by atoms with Crippen LogP contribution in [0.1, 0.15) is 36.9 Å². The summed E-state index contributed by atoms with van der Waals surface area (Å²) in [5, 5.41) is 3.76. The Hall–Kier alpha value is -2.24. The van der Waals surface area contributed by atoms with Crippen molar-refractivity contribution in [3.05, 3.63) is 58.6 Å². The molecule has 1 fully saturated rings. The molecule has 1 aliphatic rings. The summed E-state index contributed by atoms with van der Waals surface area (Å²) in [5.41, 5.74) is 3.30. The van der Waals surface area contributed by atoms with Crippen LogP contribution >= 0.6 is 11.6 Å². The zero-order valence-electron chi connectivity index (χ0n) is 17.1. The third-order valence-electron chi connectivity index (χ3n) is 5.09. The van der Waals surface area contributed by atoms with Crippen molar-refractivity contribution in [2.45, 2.75) is 32.7 Å². The first-order valence-corrected chi connectivity index (χ1v) is 10.5. The topological polar surface area (TPSA) is 50.8 Å². The summed E-state index contributed by atoms with van der Waals surface area (Å²) < 4.78 is 11.1. The number of morpholine rings is 1. The Labute approximate surface area is 177 Å². The fourth-order valence-corrected chi connectivity index (χ4v) is 3.61. The minimum atomic E-state index is -0.0272. The van der Waals surface area contributed by atoms with E-state index < -0.39 is 0 Å². The van der Waals surface area contributed by atoms with Gasteiger partial charge in [0, 0.05) is 30.2 Å². The molecule has 2 aromatic carbocycles. The van der Waals surface area contributed by atoms with E-state index in [1.54, 1.807) is 0 Å². The van der Waals surface area contributed by atoms with Crippen LogP contribution in [0.4, 0.5) is 5.69 Å². The number of rotatable bonds is 8. The van der Waals surface area contributed by atoms with Gasteiger partial charge in [-0.1, -0.05) is 23.7 Å². The van der Waals surface area contributed by atoms with Gasteiger partial charge < -0.3 is 19.7 Å². The molecule has 1 heterocycles. The Morgan fingerprint density at radius 1 is 1.21 bits per heavy atom. The molecule has 1 atom stereocenters. The molecule has 29 heavy (non-hydrogen) atoms. The number of nitrogens with zero attached hydrogens (tertiary/aromatic N) is 1. The van der Waals surface area contributed by atoms with Crippen molar-refractivity contribution in [2.75, 3.05) is 37.8 Å². The van der Waals surface area contributed by atoms with Gasteiger partial charge in [-0.3, -0.25) is 4.79 Å². The van der Waals surface area contributed by atoms with Gasteiger partial charge in [-0.2, -0.15) is 0 Å². The lowest BCUT2D eigenvalue weighted by Gasteiger charge is -2.29. The number of carbonyl (C=O) groups is 1. The van der Waals surface area contributed by atoms with Crippen LogP contribution in [0, 0.1) is 6.92 Å². The van der Waals surface area contributed by atoms with Gasteiger partial charge in [-0.25, -0.2) is 0 Å². The third kappa shape index (κ3) is 6.38. The molecule has 6 heteroatoms. The highest BCUT2D eigenvalue weighted by molar-refractivity contribution is 6.30. The van der Waals surface area contributed by atoms with Crippen molar-refractivity contribution in [1.29, 1.82) is 0 Å². The molecule has 0 aliphatic carbocycles. The van der Waals surface area contributed by atoms with Gasteiger partial charge in [-0.05, 0) is 61.7 Å². The number of halogens is 1. The maximum Gasteiger partial charge on any atom is 0.220 e. The first-order chi connectivity index (χ1) is 14.0. The Balaban J connectivity index is 1.40. The van der Waals surface area contributed by atoms with E-state index in [4.69, 9.17) is 21.1 Å². The molecule has 156 valence electrons. The van der Waals surface area contributed by atoms with Gasteiger partial charge in [0.1, 0.15) is 5.75 Å². The molecule has 1 aliphatic heterocycles. The lowest BCUT2D eigenvalue weighted by Crippen LogP contribution is -2.36. The van der Waals surface area contributed by atoms with Crippen molar-refractivity contribution >= 4 is 23.2 Å². The summed E-state index contributed by atoms with van der Waals surface area (Å²) >= 11 is 5.95. The second-order valence-corrected chi connectivity index (χ2v) is 7.78. The van der Waals surface area contributed by atoms with Gasteiger partial charge in [0.15, 0.2) is 0 Å². The first kappa shape index (κ1) is 21.5. The summed E-state index contributed by atoms with van der Waals surface area (Å²) in [6.07, 6.45) is 1.10. The number of anilines is 1. The Kier molecular flexibility index (Phi) is 7.78. The molecule has 2 aromatic rings. The zero-order chi connectivity index (χ0) is 20.6. The second-order valence-electron chi connectivity index (χ2n) is 7.34. The van der Waals surface area contributed by atoms with Crippen LogP contribution in [0.15, 0.2) is 42.5 Å². The van der Waals surface area contributed by atoms with Crippen molar-refractivity contribution in [1.82, 2.24) is 5.32 Å². The summed E-state index contributed by atoms with van der Waals surface area (Å²) in [6, 6.07) is 13.9. The van der Waals surface area contributed by atoms with E-state index in [9.17, 15) is 4.79 Å². The first-order valence-electron chi connectivity index (χ1n) is 10.1. The summed E-state index contributed by atoms with van der Waals surface area (Å²) in [4.78, 5) is 14.6. The van der Waals surface area contributed by atoms with Crippen LogP contribution in [-0.4, -0.2) is 38.8 Å². The van der Waals surface area contributed by atoms with Crippen LogP contribution in [-0.2, 0) is 9.53 Å². The maximum atomic E-state index is 12.3. The fraction of sp³-hybridized carbons (Fsp3) is 0.435. The molecule has 1 saturated heterocycles. The summed E-state index contributed by atoms with van der Waals surface area (Å²) in [5.74, 6) is 0.842. The van der Waals surface area contributed by atoms with Gasteiger partial charge in [0.2, 0.25) is 5.91 Å². The van der Waals surface area contributed by atoms with Crippen LogP contribution in [0.3, 0.4) is 0 Å². The fourth-order valence-electron chi connectivity index (χ4n) is 3.38. The number of amides is 1. The number of ether oxygens (including phenoxy) is 2. The number of carbonyl (C=O) groups excluding carboxylic acids is 1. The lowest BCUT2D eigenvalue weighted by molar-refractivity contribution is -0.121. The smallest absolute Gasteiger partial charge is 0.220 e. The van der Waals surface area contributed by atoms with Gasteiger partial charge >= 0.3 is 0 Å². The van der Waals surface area contributed by atoms with E-state index in [0.717, 1.165) is 43.2 Å². The van der Waals surface area contributed by atoms with E-state index in [-0.39, 0.29) is 11.9 Å². The van der Waals surface area contributed by atoms with Crippen molar-refractivity contribution in [2.24, 2.45) is 0 Å². The van der Waals surface area contributed by atoms with E-state index in [2.05, 4.69) is 34.5 Å². The maximum absolute atomic E-state index is 12.3. The number of benzene rings is 2. The molecule has 1 unspecified atom stereocenters. The van der Waals surface area contributed by atoms with Gasteiger partial charge in [-0.15, -0.1) is 0 Å². The Bertz CT molecular complexity index is 804. The highest BCUT2D eigenvalue weighted by Gasteiger charge is 2.13. The predicted molar refractivity (Wildman–Crippen MR) is 117 cm³/mol. The zero-order valence-corrected chi connectivity index (χ0v) is 17.9. The molecular weight excluding hydrogens is 388 g/mol. The molecule has 3 rings (SSSR count). The van der Waals surface area contributed by atoms with Gasteiger partial charge in [0.05, 0.1) is 25.9 Å². The van der Waals surface area contributed by atoms with Gasteiger partial charge in [0.25, 0.3) is 0 Å². The number of nitrogens with one attached hydrogen (secondary N) is 1. The molecule has 0 saturated carbocycles. The Morgan fingerprint density at radius 2 is 1.93 bits per heavy atom. The average Bonchev–Trinajstić information content (AvgIpc) is 2.73. The molecule has 0 radical (unpaired) electrons. The van der Waals surface area contributed by atoms with E-state index in [0.29, 0.717) is 24.5 Å². The van der Waals surface area contributed by atoms with Crippen LogP contribution in [0.2, 0.25) is 5.02 Å². The normalized spacial score (nSPS) is 15.1.